The van der Waals surface area contributed by atoms with Gasteiger partial charge in [-0.1, -0.05) is 42.2 Å². The molecule has 0 spiro atoms. The van der Waals surface area contributed by atoms with E-state index in [1.54, 1.807) is 6.08 Å². The number of aromatic nitrogens is 1. The van der Waals surface area contributed by atoms with Gasteiger partial charge >= 0.3 is 6.18 Å². The van der Waals surface area contributed by atoms with E-state index >= 15 is 0 Å². The number of halogens is 3. The Morgan fingerprint density at radius 3 is 2.68 bits per heavy atom. The molecule has 25 heavy (non-hydrogen) atoms. The van der Waals surface area contributed by atoms with Crippen molar-refractivity contribution in [3.63, 3.8) is 0 Å². The first-order valence-corrected chi connectivity index (χ1v) is 8.24. The quantitative estimate of drug-likeness (QED) is 0.638. The topological polar surface area (TPSA) is 77.3 Å². The summed E-state index contributed by atoms with van der Waals surface area (Å²) in [4.78, 5) is 9.28. The lowest BCUT2D eigenvalue weighted by Gasteiger charge is -2.16. The van der Waals surface area contributed by atoms with Crippen molar-refractivity contribution in [2.45, 2.75) is 19.0 Å². The Morgan fingerprint density at radius 1 is 1.28 bits per heavy atom. The van der Waals surface area contributed by atoms with Gasteiger partial charge < -0.3 is 11.5 Å². The molecule has 8 heteroatoms. The number of nitrogen functional groups attached to an aromatic ring is 1. The molecule has 4 N–H and O–H groups in total. The molecule has 0 aliphatic heterocycles. The predicted octanol–water partition coefficient (Wildman–Crippen LogP) is 3.99. The maximum atomic E-state index is 13.2. The van der Waals surface area contributed by atoms with Gasteiger partial charge in [-0.05, 0) is 24.5 Å². The SMILES string of the molecule is C=CC1=C(N=C(N)c2ccccc2C(F)(F)F)c2sc(N)nc2CC1. The van der Waals surface area contributed by atoms with Crippen molar-refractivity contribution in [3.8, 4) is 0 Å². The molecule has 130 valence electrons. The molecule has 1 aliphatic rings. The van der Waals surface area contributed by atoms with Crippen molar-refractivity contribution < 1.29 is 13.2 Å². The van der Waals surface area contributed by atoms with Crippen LogP contribution in [-0.2, 0) is 12.6 Å². The van der Waals surface area contributed by atoms with Crippen LogP contribution in [0, 0.1) is 0 Å². The molecule has 0 unspecified atom stereocenters. The van der Waals surface area contributed by atoms with Crippen LogP contribution in [0.2, 0.25) is 0 Å². The molecule has 0 amide bonds. The van der Waals surface area contributed by atoms with Crippen molar-refractivity contribution in [1.82, 2.24) is 4.98 Å². The molecule has 2 aromatic rings. The van der Waals surface area contributed by atoms with Crippen molar-refractivity contribution in [1.29, 1.82) is 0 Å². The number of aryl methyl sites for hydroxylation is 1. The van der Waals surface area contributed by atoms with E-state index < -0.39 is 11.7 Å². The number of nitrogens with two attached hydrogens (primary N) is 2. The highest BCUT2D eigenvalue weighted by molar-refractivity contribution is 7.16. The highest BCUT2D eigenvalue weighted by Crippen LogP contribution is 2.38. The fraction of sp³-hybridized carbons (Fsp3) is 0.176. The molecule has 1 aliphatic carbocycles. The number of alkyl halides is 3. The first kappa shape index (κ1) is 17.2. The minimum Gasteiger partial charge on any atom is -0.383 e. The lowest BCUT2D eigenvalue weighted by molar-refractivity contribution is -0.137. The predicted molar refractivity (Wildman–Crippen MR) is 94.1 cm³/mol. The third-order valence-corrected chi connectivity index (χ3v) is 4.78. The smallest absolute Gasteiger partial charge is 0.383 e. The molecule has 1 aromatic heterocycles. The standard InChI is InChI=1S/C17H15F3N4S/c1-2-9-7-8-12-14(25-16(22)23-12)13(9)24-15(21)10-5-3-4-6-11(10)17(18,19)20/h2-6H,1,7-8H2,(H2,21,24)(H2,22,23). The Hall–Kier alpha value is -2.61. The maximum absolute atomic E-state index is 13.2. The van der Waals surface area contributed by atoms with Gasteiger partial charge in [-0.15, -0.1) is 0 Å². The minimum atomic E-state index is -4.51. The van der Waals surface area contributed by atoms with E-state index in [9.17, 15) is 13.2 Å². The van der Waals surface area contributed by atoms with E-state index in [0.717, 1.165) is 22.2 Å². The summed E-state index contributed by atoms with van der Waals surface area (Å²) < 4.78 is 39.6. The lowest BCUT2D eigenvalue weighted by atomic mass is 9.98. The molecular formula is C17H15F3N4S. The first-order chi connectivity index (χ1) is 11.8. The van der Waals surface area contributed by atoms with Crippen LogP contribution in [0.15, 0.2) is 47.5 Å². The molecule has 1 heterocycles. The van der Waals surface area contributed by atoms with Gasteiger partial charge in [0, 0.05) is 5.56 Å². The van der Waals surface area contributed by atoms with Crippen molar-refractivity contribution in [3.05, 3.63) is 64.2 Å². The maximum Gasteiger partial charge on any atom is 0.417 e. The van der Waals surface area contributed by atoms with Gasteiger partial charge in [0.25, 0.3) is 0 Å². The van der Waals surface area contributed by atoms with Crippen LogP contribution in [0.3, 0.4) is 0 Å². The van der Waals surface area contributed by atoms with Gasteiger partial charge in [0.05, 0.1) is 21.8 Å². The van der Waals surface area contributed by atoms with Crippen molar-refractivity contribution in [2.24, 2.45) is 10.7 Å². The Kier molecular flexibility index (Phi) is 4.38. The summed E-state index contributed by atoms with van der Waals surface area (Å²) in [7, 11) is 0. The van der Waals surface area contributed by atoms with Crippen LogP contribution in [0.4, 0.5) is 18.3 Å². The number of benzene rings is 1. The zero-order valence-electron chi connectivity index (χ0n) is 13.1. The highest BCUT2D eigenvalue weighted by Gasteiger charge is 2.34. The van der Waals surface area contributed by atoms with Crippen LogP contribution in [0.25, 0.3) is 5.70 Å². The number of nitrogens with zero attached hydrogens (tertiary/aromatic N) is 2. The van der Waals surface area contributed by atoms with E-state index in [1.165, 1.54) is 29.5 Å². The zero-order chi connectivity index (χ0) is 18.2. The van der Waals surface area contributed by atoms with Gasteiger partial charge in [0.1, 0.15) is 5.84 Å². The number of rotatable bonds is 3. The number of thiazole rings is 1. The fourth-order valence-corrected chi connectivity index (χ4v) is 3.60. The molecule has 0 fully saturated rings. The first-order valence-electron chi connectivity index (χ1n) is 7.43. The second kappa shape index (κ2) is 6.36. The van der Waals surface area contributed by atoms with E-state index in [0.29, 0.717) is 23.7 Å². The summed E-state index contributed by atoms with van der Waals surface area (Å²) in [5.74, 6) is -0.206. The van der Waals surface area contributed by atoms with Gasteiger partial charge in [-0.2, -0.15) is 13.2 Å². The van der Waals surface area contributed by atoms with E-state index in [4.69, 9.17) is 11.5 Å². The normalized spacial score (nSPS) is 15.2. The number of amidine groups is 1. The average molecular weight is 364 g/mol. The molecule has 3 rings (SSSR count). The van der Waals surface area contributed by atoms with Crippen LogP contribution in [-0.4, -0.2) is 10.8 Å². The van der Waals surface area contributed by atoms with Gasteiger partial charge in [-0.3, -0.25) is 0 Å². The van der Waals surface area contributed by atoms with Crippen LogP contribution < -0.4 is 11.5 Å². The minimum absolute atomic E-state index is 0.157. The van der Waals surface area contributed by atoms with Crippen molar-refractivity contribution in [2.75, 3.05) is 5.73 Å². The fourth-order valence-electron chi connectivity index (χ4n) is 2.70. The Bertz CT molecular complexity index is 894. The Morgan fingerprint density at radius 2 is 2.00 bits per heavy atom. The largest absolute Gasteiger partial charge is 0.417 e. The molecule has 0 bridgehead atoms. The van der Waals surface area contributed by atoms with E-state index in [1.807, 2.05) is 0 Å². The van der Waals surface area contributed by atoms with Gasteiger partial charge in [-0.25, -0.2) is 9.98 Å². The third-order valence-electron chi connectivity index (χ3n) is 3.85. The molecule has 1 aromatic carbocycles. The summed E-state index contributed by atoms with van der Waals surface area (Å²) in [5, 5.41) is 0.386. The second-order valence-electron chi connectivity index (χ2n) is 5.45. The molecule has 4 nitrogen and oxygen atoms in total. The summed E-state index contributed by atoms with van der Waals surface area (Å²) in [6, 6.07) is 5.10. The van der Waals surface area contributed by atoms with E-state index in [2.05, 4.69) is 16.6 Å². The average Bonchev–Trinajstić information content (AvgIpc) is 2.95. The number of allylic oxidation sites excluding steroid dienone is 2. The number of hydrogen-bond donors (Lipinski definition) is 2. The monoisotopic (exact) mass is 364 g/mol. The highest BCUT2D eigenvalue weighted by atomic mass is 32.1. The lowest BCUT2D eigenvalue weighted by Crippen LogP contribution is -2.20. The molecule has 0 saturated heterocycles. The number of anilines is 1. The Labute approximate surface area is 146 Å². The summed E-state index contributed by atoms with van der Waals surface area (Å²) in [6.07, 6.45) is -1.56. The molecule has 0 atom stereocenters. The summed E-state index contributed by atoms with van der Waals surface area (Å²) >= 11 is 1.24. The van der Waals surface area contributed by atoms with E-state index in [-0.39, 0.29) is 11.4 Å². The molecule has 0 saturated carbocycles. The van der Waals surface area contributed by atoms with Crippen LogP contribution in [0.5, 0.6) is 0 Å². The second-order valence-corrected chi connectivity index (χ2v) is 6.48. The number of aliphatic imine (C=N–C) groups is 1. The number of fused-ring (bicyclic) bond motifs is 1. The third kappa shape index (κ3) is 3.30. The van der Waals surface area contributed by atoms with Crippen molar-refractivity contribution >= 4 is 28.0 Å². The van der Waals surface area contributed by atoms with Crippen LogP contribution in [0.1, 0.15) is 28.1 Å². The summed E-state index contributed by atoms with van der Waals surface area (Å²) in [5.41, 5.74) is 12.8. The molecule has 0 radical (unpaired) electrons. The zero-order valence-corrected chi connectivity index (χ0v) is 13.9. The molecular weight excluding hydrogens is 349 g/mol. The Balaban J connectivity index is 2.14. The summed E-state index contributed by atoms with van der Waals surface area (Å²) in [6.45, 7) is 3.76. The van der Waals surface area contributed by atoms with Crippen LogP contribution >= 0.6 is 11.3 Å². The van der Waals surface area contributed by atoms with Gasteiger partial charge in [0.2, 0.25) is 0 Å². The van der Waals surface area contributed by atoms with Gasteiger partial charge in [0.15, 0.2) is 5.13 Å². The number of hydrogen-bond acceptors (Lipinski definition) is 4.